The first-order valence-electron chi connectivity index (χ1n) is 10.5. The van der Waals surface area contributed by atoms with Crippen molar-refractivity contribution < 1.29 is 29.5 Å². The van der Waals surface area contributed by atoms with Crippen LogP contribution >= 0.6 is 0 Å². The number of hydrogen-bond donors (Lipinski definition) is 4. The summed E-state index contributed by atoms with van der Waals surface area (Å²) in [6.45, 7) is 2.99. The van der Waals surface area contributed by atoms with E-state index in [4.69, 9.17) is 14.9 Å². The fraction of sp³-hybridized carbons (Fsp3) is 0.391. The Morgan fingerprint density at radius 2 is 1.52 bits per heavy atom. The summed E-state index contributed by atoms with van der Waals surface area (Å²) >= 11 is 0. The van der Waals surface area contributed by atoms with Gasteiger partial charge >= 0.3 is 19.1 Å². The lowest BCUT2D eigenvalue weighted by atomic mass is 9.63. The molecule has 1 saturated carbocycles. The van der Waals surface area contributed by atoms with Gasteiger partial charge in [0.15, 0.2) is 0 Å². The highest BCUT2D eigenvalue weighted by molar-refractivity contribution is 6.44. The first-order chi connectivity index (χ1) is 14.8. The van der Waals surface area contributed by atoms with Gasteiger partial charge in [-0.1, -0.05) is 56.9 Å². The Balaban J connectivity index is 1.53. The van der Waals surface area contributed by atoms with Crippen molar-refractivity contribution in [2.75, 3.05) is 5.32 Å². The monoisotopic (exact) mass is 425 g/mol. The molecular weight excluding hydrogens is 397 g/mol. The lowest BCUT2D eigenvalue weighted by Crippen LogP contribution is -2.28. The molecule has 0 radical (unpaired) electrons. The van der Waals surface area contributed by atoms with Crippen LogP contribution in [0.15, 0.2) is 42.5 Å². The van der Waals surface area contributed by atoms with Crippen molar-refractivity contribution in [1.82, 2.24) is 0 Å². The van der Waals surface area contributed by atoms with Crippen LogP contribution in [0.25, 0.3) is 0 Å². The van der Waals surface area contributed by atoms with Gasteiger partial charge in [0.1, 0.15) is 0 Å². The van der Waals surface area contributed by atoms with Crippen molar-refractivity contribution in [1.29, 1.82) is 0 Å². The van der Waals surface area contributed by atoms with Crippen molar-refractivity contribution in [2.24, 2.45) is 5.92 Å². The second-order valence-corrected chi connectivity index (χ2v) is 8.30. The Kier molecular flexibility index (Phi) is 7.71. The molecule has 1 aliphatic rings. The highest BCUT2D eigenvalue weighted by atomic mass is 16.5. The second kappa shape index (κ2) is 10.5. The minimum atomic E-state index is -1.18. The molecule has 1 aliphatic carbocycles. The molecule has 3 rings (SSSR count). The number of anilines is 1. The highest BCUT2D eigenvalue weighted by Crippen LogP contribution is 2.34. The van der Waals surface area contributed by atoms with Crippen molar-refractivity contribution in [3.8, 4) is 0 Å². The first kappa shape index (κ1) is 22.8. The van der Waals surface area contributed by atoms with Crippen LogP contribution in [0.5, 0.6) is 0 Å². The fourth-order valence-corrected chi connectivity index (χ4v) is 3.82. The van der Waals surface area contributed by atoms with E-state index in [2.05, 4.69) is 12.2 Å². The summed E-state index contributed by atoms with van der Waals surface area (Å²) in [4.78, 5) is 22.4. The molecule has 2 aromatic rings. The Hall–Kier alpha value is -2.84. The van der Waals surface area contributed by atoms with Crippen LogP contribution in [0.2, 0.25) is 5.82 Å². The number of rotatable bonds is 9. The van der Waals surface area contributed by atoms with E-state index >= 15 is 0 Å². The van der Waals surface area contributed by atoms with Gasteiger partial charge in [0.05, 0.1) is 17.7 Å². The first-order valence-corrected chi connectivity index (χ1v) is 10.5. The van der Waals surface area contributed by atoms with Crippen LogP contribution < -0.4 is 5.32 Å². The lowest BCUT2D eigenvalue weighted by Gasteiger charge is -2.27. The normalized spacial score (nSPS) is 18.4. The van der Waals surface area contributed by atoms with Crippen molar-refractivity contribution in [2.45, 2.75) is 51.6 Å². The van der Waals surface area contributed by atoms with Crippen LogP contribution in [-0.2, 0) is 17.8 Å². The molecule has 2 aromatic carbocycles. The van der Waals surface area contributed by atoms with E-state index in [1.165, 1.54) is 12.1 Å². The third-order valence-corrected chi connectivity index (χ3v) is 5.83. The number of nitrogens with one attached hydrogen (secondary N) is 1. The quantitative estimate of drug-likeness (QED) is 0.444. The number of hydrogen-bond acceptors (Lipinski definition) is 5. The average Bonchev–Trinajstić information content (AvgIpc) is 2.77. The zero-order chi connectivity index (χ0) is 22.4. The van der Waals surface area contributed by atoms with E-state index in [9.17, 15) is 14.6 Å². The molecule has 0 saturated heterocycles. The van der Waals surface area contributed by atoms with Crippen LogP contribution in [-0.4, -0.2) is 34.3 Å². The molecule has 0 aromatic heterocycles. The van der Waals surface area contributed by atoms with Gasteiger partial charge in [-0.05, 0) is 41.1 Å². The molecule has 0 unspecified atom stereocenters. The van der Waals surface area contributed by atoms with Gasteiger partial charge in [0, 0.05) is 12.2 Å². The third kappa shape index (κ3) is 6.57. The Morgan fingerprint density at radius 3 is 2.06 bits per heavy atom. The minimum Gasteiger partial charge on any atom is -0.478 e. The maximum Gasteiger partial charge on any atom is 0.457 e. The molecule has 0 amide bonds. The zero-order valence-electron chi connectivity index (χ0n) is 17.6. The maximum atomic E-state index is 11.2. The predicted molar refractivity (Wildman–Crippen MR) is 118 cm³/mol. The smallest absolute Gasteiger partial charge is 0.457 e. The van der Waals surface area contributed by atoms with Crippen molar-refractivity contribution in [3.05, 3.63) is 64.7 Å². The van der Waals surface area contributed by atoms with E-state index in [1.54, 1.807) is 0 Å². The molecular formula is C23H28BNO6. The summed E-state index contributed by atoms with van der Waals surface area (Å²) in [5, 5.41) is 31.7. The van der Waals surface area contributed by atoms with Gasteiger partial charge < -0.3 is 25.2 Å². The molecule has 8 heteroatoms. The summed E-state index contributed by atoms with van der Waals surface area (Å²) in [6, 6.07) is 11.6. The zero-order valence-corrected chi connectivity index (χ0v) is 17.6. The molecule has 4 N–H and O–H groups in total. The third-order valence-electron chi connectivity index (χ3n) is 5.83. The second-order valence-electron chi connectivity index (χ2n) is 8.30. The van der Waals surface area contributed by atoms with E-state index in [1.807, 2.05) is 24.3 Å². The molecule has 0 bridgehead atoms. The molecule has 31 heavy (non-hydrogen) atoms. The van der Waals surface area contributed by atoms with E-state index in [0.29, 0.717) is 18.8 Å². The van der Waals surface area contributed by atoms with Gasteiger partial charge in [-0.2, -0.15) is 0 Å². The Bertz CT molecular complexity index is 877. The van der Waals surface area contributed by atoms with Gasteiger partial charge in [0.2, 0.25) is 0 Å². The van der Waals surface area contributed by atoms with Crippen LogP contribution in [0, 0.1) is 5.92 Å². The summed E-state index contributed by atoms with van der Waals surface area (Å²) in [5.74, 6) is -1.43. The van der Waals surface area contributed by atoms with Gasteiger partial charge in [-0.25, -0.2) is 9.59 Å². The van der Waals surface area contributed by atoms with Gasteiger partial charge in [0.25, 0.3) is 0 Å². The largest absolute Gasteiger partial charge is 0.478 e. The maximum absolute atomic E-state index is 11.2. The van der Waals surface area contributed by atoms with Gasteiger partial charge in [-0.3, -0.25) is 0 Å². The van der Waals surface area contributed by atoms with Crippen molar-refractivity contribution in [3.63, 3.8) is 0 Å². The Labute approximate surface area is 182 Å². The van der Waals surface area contributed by atoms with Crippen LogP contribution in [0.4, 0.5) is 5.69 Å². The van der Waals surface area contributed by atoms with Crippen molar-refractivity contribution >= 4 is 24.7 Å². The summed E-state index contributed by atoms with van der Waals surface area (Å²) < 4.78 is 5.67. The van der Waals surface area contributed by atoms with E-state index in [0.717, 1.165) is 48.8 Å². The number of carbonyl (C=O) groups is 2. The average molecular weight is 425 g/mol. The highest BCUT2D eigenvalue weighted by Gasteiger charge is 2.30. The fourth-order valence-electron chi connectivity index (χ4n) is 3.82. The Morgan fingerprint density at radius 1 is 0.968 bits per heavy atom. The SMILES string of the molecule is CC1CCC(B(O)OCc2ccc(CNc3cc(C(=O)O)cc(C(=O)O)c3)cc2)CC1. The molecule has 1 fully saturated rings. The standard InChI is InChI=1S/C23H28BNO6/c1-15-2-8-20(9-3-15)24(30)31-14-17-6-4-16(5-7-17)13-25-21-11-18(22(26)27)10-19(12-21)23(28)29/h4-7,10-12,15,20,25,30H,2-3,8-9,13-14H2,1H3,(H,26,27)(H,28,29). The van der Waals surface area contributed by atoms with Crippen LogP contribution in [0.3, 0.4) is 0 Å². The van der Waals surface area contributed by atoms with E-state index < -0.39 is 19.1 Å². The number of carboxylic acid groups (broad SMARTS) is 2. The lowest BCUT2D eigenvalue weighted by molar-refractivity contribution is 0.0696. The minimum absolute atomic E-state index is 0.0825. The summed E-state index contributed by atoms with van der Waals surface area (Å²) in [6.07, 6.45) is 4.27. The molecule has 0 heterocycles. The summed E-state index contributed by atoms with van der Waals surface area (Å²) in [5.41, 5.74) is 2.16. The number of carboxylic acids is 2. The predicted octanol–water partition coefficient (Wildman–Crippen LogP) is 4.27. The topological polar surface area (TPSA) is 116 Å². The van der Waals surface area contributed by atoms with Gasteiger partial charge in [-0.15, -0.1) is 0 Å². The number of benzene rings is 2. The number of aromatic carboxylic acids is 2. The molecule has 7 nitrogen and oxygen atoms in total. The molecule has 0 spiro atoms. The van der Waals surface area contributed by atoms with Crippen LogP contribution in [0.1, 0.15) is 64.4 Å². The molecule has 0 atom stereocenters. The molecule has 164 valence electrons. The van der Waals surface area contributed by atoms with E-state index in [-0.39, 0.29) is 16.9 Å². The molecule has 0 aliphatic heterocycles. The summed E-state index contributed by atoms with van der Waals surface area (Å²) in [7, 11) is -0.737.